The Morgan fingerprint density at radius 2 is 1.72 bits per heavy atom. The van der Waals surface area contributed by atoms with Crippen molar-refractivity contribution in [2.45, 2.75) is 57.9 Å². The maximum Gasteiger partial charge on any atom is 0.0906 e. The Kier molecular flexibility index (Phi) is 3.32. The first-order valence-corrected chi connectivity index (χ1v) is 9.89. The molecule has 4 saturated carbocycles. The molecule has 0 unspecified atom stereocenters. The van der Waals surface area contributed by atoms with Crippen LogP contribution in [-0.2, 0) is 7.05 Å². The van der Waals surface area contributed by atoms with Gasteiger partial charge in [-0.25, -0.2) is 4.99 Å². The van der Waals surface area contributed by atoms with E-state index in [9.17, 15) is 0 Å². The number of aliphatic imine (C=N–C) groups is 1. The van der Waals surface area contributed by atoms with Crippen LogP contribution in [0.5, 0.6) is 0 Å². The number of nitrogens with zero attached hydrogens (tertiary/aromatic N) is 2. The highest BCUT2D eigenvalue weighted by Crippen LogP contribution is 2.55. The van der Waals surface area contributed by atoms with Gasteiger partial charge in [-0.05, 0) is 93.4 Å². The van der Waals surface area contributed by atoms with Crippen LogP contribution in [0, 0.1) is 17.8 Å². The summed E-state index contributed by atoms with van der Waals surface area (Å²) in [5.74, 6) is 2.92. The van der Waals surface area contributed by atoms with E-state index in [0.29, 0.717) is 5.54 Å². The molecule has 4 aliphatic carbocycles. The number of nitrogens with one attached hydrogen (secondary N) is 1. The second-order valence-electron chi connectivity index (χ2n) is 9.09. The Morgan fingerprint density at radius 3 is 2.28 bits per heavy atom. The lowest BCUT2D eigenvalue weighted by Crippen LogP contribution is -2.57. The molecule has 0 spiro atoms. The van der Waals surface area contributed by atoms with Crippen LogP contribution in [0.3, 0.4) is 0 Å². The fraction of sp³-hybridized carbons (Fsp3) is 0.591. The Balaban J connectivity index is 1.42. The van der Waals surface area contributed by atoms with Gasteiger partial charge >= 0.3 is 0 Å². The molecule has 4 fully saturated rings. The minimum absolute atomic E-state index is 0.360. The second kappa shape index (κ2) is 5.36. The van der Waals surface area contributed by atoms with Crippen LogP contribution in [0.2, 0.25) is 0 Å². The molecule has 0 amide bonds. The van der Waals surface area contributed by atoms with Crippen molar-refractivity contribution >= 4 is 5.71 Å². The van der Waals surface area contributed by atoms with Crippen molar-refractivity contribution in [1.82, 2.24) is 9.88 Å². The standard InChI is InChI=1S/C22H29N3/c1-14-15(2)21(20-5-4-6-25(20)3)24-19(14)13-23-22-10-16-7-17(11-22)9-18(8-16)12-22/h4-6,13,16-18,23H,7-12H2,1-3H3/b19-13+. The summed E-state index contributed by atoms with van der Waals surface area (Å²) < 4.78 is 2.16. The summed E-state index contributed by atoms with van der Waals surface area (Å²) in [6, 6.07) is 4.25. The lowest BCUT2D eigenvalue weighted by Gasteiger charge is -2.57. The SMILES string of the molecule is CC1=C(C)/C(=C\NC23CC4CC(CC(C4)C2)C3)N=C1c1cccn1C. The predicted octanol–water partition coefficient (Wildman–Crippen LogP) is 4.56. The van der Waals surface area contributed by atoms with E-state index < -0.39 is 0 Å². The minimum Gasteiger partial charge on any atom is -0.384 e. The number of allylic oxidation sites excluding steroid dienone is 2. The Labute approximate surface area is 150 Å². The fourth-order valence-electron chi connectivity index (χ4n) is 6.26. The van der Waals surface area contributed by atoms with Crippen molar-refractivity contribution in [3.8, 4) is 0 Å². The van der Waals surface area contributed by atoms with E-state index >= 15 is 0 Å². The molecule has 2 heterocycles. The highest BCUT2D eigenvalue weighted by atomic mass is 15.0. The van der Waals surface area contributed by atoms with Crippen molar-refractivity contribution in [2.75, 3.05) is 0 Å². The Bertz CT molecular complexity index is 770. The van der Waals surface area contributed by atoms with Gasteiger partial charge in [0.25, 0.3) is 0 Å². The molecule has 1 N–H and O–H groups in total. The van der Waals surface area contributed by atoms with Crippen LogP contribution < -0.4 is 5.32 Å². The Hall–Kier alpha value is -1.77. The van der Waals surface area contributed by atoms with E-state index in [4.69, 9.17) is 4.99 Å². The molecule has 3 nitrogen and oxygen atoms in total. The highest BCUT2D eigenvalue weighted by molar-refractivity contribution is 6.14. The average molecular weight is 335 g/mol. The molecule has 3 heteroatoms. The van der Waals surface area contributed by atoms with E-state index in [1.165, 1.54) is 55.4 Å². The third kappa shape index (κ3) is 2.43. The van der Waals surface area contributed by atoms with Gasteiger partial charge in [0.05, 0.1) is 17.1 Å². The molecule has 1 aromatic heterocycles. The number of rotatable bonds is 3. The van der Waals surface area contributed by atoms with Gasteiger partial charge in [0.15, 0.2) is 0 Å². The van der Waals surface area contributed by atoms with Gasteiger partial charge in [0, 0.05) is 25.0 Å². The first-order chi connectivity index (χ1) is 12.0. The number of hydrogen-bond donors (Lipinski definition) is 1. The van der Waals surface area contributed by atoms with Crippen molar-refractivity contribution in [3.63, 3.8) is 0 Å². The smallest absolute Gasteiger partial charge is 0.0906 e. The molecule has 1 aliphatic heterocycles. The van der Waals surface area contributed by atoms with Crippen LogP contribution in [0.4, 0.5) is 0 Å². The monoisotopic (exact) mass is 335 g/mol. The van der Waals surface area contributed by atoms with Crippen LogP contribution in [0.25, 0.3) is 0 Å². The van der Waals surface area contributed by atoms with E-state index in [1.807, 2.05) is 0 Å². The van der Waals surface area contributed by atoms with Crippen molar-refractivity contribution in [2.24, 2.45) is 29.8 Å². The third-order valence-electron chi connectivity index (χ3n) is 7.27. The maximum absolute atomic E-state index is 4.99. The van der Waals surface area contributed by atoms with Gasteiger partial charge in [0.1, 0.15) is 0 Å². The zero-order valence-corrected chi connectivity index (χ0v) is 15.7. The molecule has 132 valence electrons. The van der Waals surface area contributed by atoms with Crippen molar-refractivity contribution in [3.05, 3.63) is 47.1 Å². The quantitative estimate of drug-likeness (QED) is 0.862. The molecule has 25 heavy (non-hydrogen) atoms. The van der Waals surface area contributed by atoms with Gasteiger partial charge in [-0.3, -0.25) is 0 Å². The van der Waals surface area contributed by atoms with Gasteiger partial charge < -0.3 is 9.88 Å². The van der Waals surface area contributed by atoms with E-state index in [2.05, 4.69) is 55.3 Å². The summed E-state index contributed by atoms with van der Waals surface area (Å²) in [4.78, 5) is 4.99. The molecule has 0 aromatic carbocycles. The average Bonchev–Trinajstić information content (AvgIpc) is 3.09. The van der Waals surface area contributed by atoms with Crippen LogP contribution >= 0.6 is 0 Å². The third-order valence-corrected chi connectivity index (χ3v) is 7.27. The largest absolute Gasteiger partial charge is 0.384 e. The lowest BCUT2D eigenvalue weighted by atomic mass is 9.53. The van der Waals surface area contributed by atoms with Gasteiger partial charge in [-0.2, -0.15) is 0 Å². The molecule has 1 aromatic rings. The van der Waals surface area contributed by atoms with Crippen LogP contribution in [0.15, 0.2) is 46.4 Å². The molecule has 6 rings (SSSR count). The van der Waals surface area contributed by atoms with Crippen LogP contribution in [-0.4, -0.2) is 15.8 Å². The Morgan fingerprint density at radius 1 is 1.08 bits per heavy atom. The summed E-state index contributed by atoms with van der Waals surface area (Å²) in [7, 11) is 2.09. The number of hydrogen-bond acceptors (Lipinski definition) is 2. The predicted molar refractivity (Wildman–Crippen MR) is 102 cm³/mol. The summed E-state index contributed by atoms with van der Waals surface area (Å²) in [5, 5.41) is 3.89. The first-order valence-electron chi connectivity index (χ1n) is 9.89. The lowest BCUT2D eigenvalue weighted by molar-refractivity contribution is -0.0130. The van der Waals surface area contributed by atoms with E-state index in [0.717, 1.165) is 29.2 Å². The molecular formula is C22H29N3. The number of aromatic nitrogens is 1. The minimum atomic E-state index is 0.360. The summed E-state index contributed by atoms with van der Waals surface area (Å²) in [6.07, 6.45) is 12.9. The van der Waals surface area contributed by atoms with Gasteiger partial charge in [0.2, 0.25) is 0 Å². The molecule has 0 radical (unpaired) electrons. The highest BCUT2D eigenvalue weighted by Gasteiger charge is 2.50. The van der Waals surface area contributed by atoms with Crippen molar-refractivity contribution < 1.29 is 0 Å². The molecule has 4 bridgehead atoms. The van der Waals surface area contributed by atoms with Gasteiger partial charge in [-0.1, -0.05) is 0 Å². The molecule has 0 atom stereocenters. The van der Waals surface area contributed by atoms with E-state index in [-0.39, 0.29) is 0 Å². The van der Waals surface area contributed by atoms with Gasteiger partial charge in [-0.15, -0.1) is 0 Å². The normalized spacial score (nSPS) is 38.0. The second-order valence-corrected chi connectivity index (χ2v) is 9.09. The first kappa shape index (κ1) is 15.5. The zero-order valence-electron chi connectivity index (χ0n) is 15.7. The molecular weight excluding hydrogens is 306 g/mol. The topological polar surface area (TPSA) is 29.3 Å². The maximum atomic E-state index is 4.99. The molecule has 5 aliphatic rings. The summed E-state index contributed by atoms with van der Waals surface area (Å²) >= 11 is 0. The van der Waals surface area contributed by atoms with E-state index in [1.54, 1.807) is 0 Å². The van der Waals surface area contributed by atoms with Crippen molar-refractivity contribution in [1.29, 1.82) is 0 Å². The summed E-state index contributed by atoms with van der Waals surface area (Å²) in [5.41, 5.74) is 6.44. The summed E-state index contributed by atoms with van der Waals surface area (Å²) in [6.45, 7) is 4.41. The van der Waals surface area contributed by atoms with Crippen LogP contribution in [0.1, 0.15) is 58.1 Å². The zero-order chi connectivity index (χ0) is 17.2. The number of aryl methyl sites for hydroxylation is 1. The fourth-order valence-corrected chi connectivity index (χ4v) is 6.26. The molecule has 0 saturated heterocycles.